The van der Waals surface area contributed by atoms with E-state index >= 15 is 0 Å². The molecule has 0 heterocycles. The third-order valence-electron chi connectivity index (χ3n) is 4.22. The summed E-state index contributed by atoms with van der Waals surface area (Å²) in [5.74, 6) is 1.16. The average Bonchev–Trinajstić information content (AvgIpc) is 2.41. The van der Waals surface area contributed by atoms with Gasteiger partial charge >= 0.3 is 0 Å². The first-order valence-electron chi connectivity index (χ1n) is 6.75. The molecule has 1 nitrogen and oxygen atoms in total. The number of benzene rings is 1. The number of hydrogen-bond acceptors (Lipinski definition) is 1. The fourth-order valence-corrected chi connectivity index (χ4v) is 3.33. The Hall–Kier alpha value is -0.240. The minimum atomic E-state index is -0.478. The van der Waals surface area contributed by atoms with E-state index in [2.05, 4.69) is 6.92 Å². The largest absolute Gasteiger partial charge is 0.388 e. The molecule has 0 amide bonds. The van der Waals surface area contributed by atoms with Gasteiger partial charge in [0, 0.05) is 5.56 Å². The van der Waals surface area contributed by atoms with E-state index in [9.17, 15) is 5.11 Å². The first-order chi connectivity index (χ1) is 8.63. The topological polar surface area (TPSA) is 20.2 Å². The molecule has 1 N–H and O–H groups in total. The lowest BCUT2D eigenvalue weighted by atomic mass is 9.77. The Balaban J connectivity index is 2.08. The zero-order valence-electron chi connectivity index (χ0n) is 10.7. The molecule has 18 heavy (non-hydrogen) atoms. The van der Waals surface area contributed by atoms with Crippen LogP contribution in [0.1, 0.15) is 50.7 Å². The molecule has 0 saturated heterocycles. The highest BCUT2D eigenvalue weighted by atomic mass is 35.5. The van der Waals surface area contributed by atoms with Gasteiger partial charge in [0.1, 0.15) is 0 Å². The number of aliphatic hydroxyl groups is 1. The molecule has 1 aliphatic rings. The third-order valence-corrected chi connectivity index (χ3v) is 5.05. The monoisotopic (exact) mass is 286 g/mol. The SMILES string of the molecule is CCC1CCC(C(O)c2cccc(Cl)c2Cl)CC1. The van der Waals surface area contributed by atoms with Crippen molar-refractivity contribution < 1.29 is 5.11 Å². The predicted molar refractivity (Wildman–Crippen MR) is 77.2 cm³/mol. The fourth-order valence-electron chi connectivity index (χ4n) is 2.92. The molecule has 0 aliphatic heterocycles. The minimum absolute atomic E-state index is 0.323. The van der Waals surface area contributed by atoms with Crippen molar-refractivity contribution in [3.63, 3.8) is 0 Å². The highest BCUT2D eigenvalue weighted by molar-refractivity contribution is 6.42. The molecule has 1 aromatic carbocycles. The molecule has 1 saturated carbocycles. The van der Waals surface area contributed by atoms with Crippen LogP contribution in [-0.4, -0.2) is 5.11 Å². The second-order valence-electron chi connectivity index (χ2n) is 5.28. The lowest BCUT2D eigenvalue weighted by Crippen LogP contribution is -2.20. The predicted octanol–water partition coefficient (Wildman–Crippen LogP) is 5.24. The maximum atomic E-state index is 10.5. The van der Waals surface area contributed by atoms with Gasteiger partial charge in [-0.3, -0.25) is 0 Å². The Morgan fingerprint density at radius 1 is 1.22 bits per heavy atom. The summed E-state index contributed by atoms with van der Waals surface area (Å²) in [7, 11) is 0. The van der Waals surface area contributed by atoms with E-state index in [4.69, 9.17) is 23.2 Å². The quantitative estimate of drug-likeness (QED) is 0.805. The summed E-state index contributed by atoms with van der Waals surface area (Å²) in [5, 5.41) is 11.5. The van der Waals surface area contributed by atoms with Crippen molar-refractivity contribution in [3.8, 4) is 0 Å². The fraction of sp³-hybridized carbons (Fsp3) is 0.600. The second kappa shape index (κ2) is 6.27. The molecule has 0 aromatic heterocycles. The van der Waals surface area contributed by atoms with E-state index in [0.29, 0.717) is 16.0 Å². The standard InChI is InChI=1S/C15H20Cl2O/c1-2-10-6-8-11(9-7-10)15(18)12-4-3-5-13(16)14(12)17/h3-5,10-11,15,18H,2,6-9H2,1H3. The van der Waals surface area contributed by atoms with Gasteiger partial charge in [0.15, 0.2) is 0 Å². The minimum Gasteiger partial charge on any atom is -0.388 e. The zero-order valence-corrected chi connectivity index (χ0v) is 12.2. The van der Waals surface area contributed by atoms with Crippen molar-refractivity contribution >= 4 is 23.2 Å². The molecule has 1 aliphatic carbocycles. The van der Waals surface area contributed by atoms with E-state index in [1.54, 1.807) is 6.07 Å². The van der Waals surface area contributed by atoms with Crippen molar-refractivity contribution in [1.29, 1.82) is 0 Å². The highest BCUT2D eigenvalue weighted by Gasteiger charge is 2.28. The maximum Gasteiger partial charge on any atom is 0.0833 e. The van der Waals surface area contributed by atoms with Gasteiger partial charge in [-0.25, -0.2) is 0 Å². The van der Waals surface area contributed by atoms with Crippen molar-refractivity contribution in [3.05, 3.63) is 33.8 Å². The molecule has 1 unspecified atom stereocenters. The maximum absolute atomic E-state index is 10.5. The van der Waals surface area contributed by atoms with Gasteiger partial charge in [-0.2, -0.15) is 0 Å². The lowest BCUT2D eigenvalue weighted by molar-refractivity contribution is 0.0730. The van der Waals surface area contributed by atoms with Crippen LogP contribution in [0.3, 0.4) is 0 Å². The van der Waals surface area contributed by atoms with E-state index in [1.165, 1.54) is 19.3 Å². The van der Waals surface area contributed by atoms with Crippen LogP contribution >= 0.6 is 23.2 Å². The van der Waals surface area contributed by atoms with Gasteiger partial charge in [0.25, 0.3) is 0 Å². The molecule has 1 fully saturated rings. The van der Waals surface area contributed by atoms with E-state index in [-0.39, 0.29) is 0 Å². The number of aliphatic hydroxyl groups excluding tert-OH is 1. The molecule has 1 aromatic rings. The zero-order chi connectivity index (χ0) is 13.1. The van der Waals surface area contributed by atoms with E-state index in [0.717, 1.165) is 24.3 Å². The molecular formula is C15H20Cl2O. The summed E-state index contributed by atoms with van der Waals surface area (Å²) in [6.45, 7) is 2.25. The van der Waals surface area contributed by atoms with Crippen LogP contribution in [0.15, 0.2) is 18.2 Å². The van der Waals surface area contributed by atoms with Gasteiger partial charge in [-0.1, -0.05) is 61.5 Å². The molecule has 2 rings (SSSR count). The summed E-state index contributed by atoms with van der Waals surface area (Å²) < 4.78 is 0. The van der Waals surface area contributed by atoms with Crippen LogP contribution in [0.4, 0.5) is 0 Å². The normalized spacial score (nSPS) is 26.0. The molecular weight excluding hydrogens is 267 g/mol. The van der Waals surface area contributed by atoms with Gasteiger partial charge in [-0.05, 0) is 30.7 Å². The third kappa shape index (κ3) is 3.01. The first kappa shape index (κ1) is 14.2. The van der Waals surface area contributed by atoms with Crippen molar-refractivity contribution in [2.75, 3.05) is 0 Å². The van der Waals surface area contributed by atoms with Crippen LogP contribution in [0.25, 0.3) is 0 Å². The Bertz CT molecular complexity index is 397. The van der Waals surface area contributed by atoms with Gasteiger partial charge in [-0.15, -0.1) is 0 Å². The lowest BCUT2D eigenvalue weighted by Gasteiger charge is -2.31. The molecule has 3 heteroatoms. The summed E-state index contributed by atoms with van der Waals surface area (Å²) in [4.78, 5) is 0. The van der Waals surface area contributed by atoms with Crippen LogP contribution in [0.2, 0.25) is 10.0 Å². The Labute approximate surface area is 119 Å². The Morgan fingerprint density at radius 3 is 2.50 bits per heavy atom. The molecule has 0 spiro atoms. The van der Waals surface area contributed by atoms with Gasteiger partial charge < -0.3 is 5.11 Å². The van der Waals surface area contributed by atoms with Crippen LogP contribution in [-0.2, 0) is 0 Å². The van der Waals surface area contributed by atoms with E-state index < -0.39 is 6.10 Å². The van der Waals surface area contributed by atoms with Gasteiger partial charge in [0.05, 0.1) is 16.1 Å². The average molecular weight is 287 g/mol. The molecule has 100 valence electrons. The highest BCUT2D eigenvalue weighted by Crippen LogP contribution is 2.40. The second-order valence-corrected chi connectivity index (χ2v) is 6.06. The van der Waals surface area contributed by atoms with E-state index in [1.807, 2.05) is 12.1 Å². The van der Waals surface area contributed by atoms with Gasteiger partial charge in [0.2, 0.25) is 0 Å². The summed E-state index contributed by atoms with van der Waals surface area (Å²) >= 11 is 12.2. The smallest absolute Gasteiger partial charge is 0.0833 e. The van der Waals surface area contributed by atoms with Crippen LogP contribution in [0, 0.1) is 11.8 Å². The summed E-state index contributed by atoms with van der Waals surface area (Å²) in [6.07, 6.45) is 5.38. The number of rotatable bonds is 3. The number of hydrogen-bond donors (Lipinski definition) is 1. The van der Waals surface area contributed by atoms with Crippen LogP contribution < -0.4 is 0 Å². The molecule has 0 radical (unpaired) electrons. The van der Waals surface area contributed by atoms with Crippen molar-refractivity contribution in [1.82, 2.24) is 0 Å². The van der Waals surface area contributed by atoms with Crippen molar-refractivity contribution in [2.45, 2.75) is 45.1 Å². The van der Waals surface area contributed by atoms with Crippen LogP contribution in [0.5, 0.6) is 0 Å². The summed E-state index contributed by atoms with van der Waals surface area (Å²) in [5.41, 5.74) is 0.782. The first-order valence-corrected chi connectivity index (χ1v) is 7.51. The Kier molecular flexibility index (Phi) is 4.94. The summed E-state index contributed by atoms with van der Waals surface area (Å²) in [6, 6.07) is 5.49. The molecule has 0 bridgehead atoms. The molecule has 1 atom stereocenters. The number of halogens is 2. The Morgan fingerprint density at radius 2 is 1.89 bits per heavy atom. The van der Waals surface area contributed by atoms with Crippen molar-refractivity contribution in [2.24, 2.45) is 11.8 Å².